The van der Waals surface area contributed by atoms with Gasteiger partial charge in [0.1, 0.15) is 6.61 Å². The maximum atomic E-state index is 12.8. The van der Waals surface area contributed by atoms with Gasteiger partial charge in [-0.3, -0.25) is 4.79 Å². The lowest BCUT2D eigenvalue weighted by molar-refractivity contribution is -0.122. The average Bonchev–Trinajstić information content (AvgIpc) is 2.62. The fraction of sp³-hybridized carbons (Fsp3) is 0.650. The second kappa shape index (κ2) is 10.2. The summed E-state index contributed by atoms with van der Waals surface area (Å²) in [6.07, 6.45) is 5.36. The molecule has 2 aliphatic rings. The fourth-order valence-electron chi connectivity index (χ4n) is 4.35. The summed E-state index contributed by atoms with van der Waals surface area (Å²) in [5, 5.41) is 3.05. The molecule has 0 aromatic heterocycles. The van der Waals surface area contributed by atoms with E-state index < -0.39 is 0 Å². The van der Waals surface area contributed by atoms with E-state index in [1.165, 1.54) is 6.42 Å². The summed E-state index contributed by atoms with van der Waals surface area (Å²) in [6.45, 7) is 0.916. The van der Waals surface area contributed by atoms with Gasteiger partial charge in [-0.05, 0) is 49.7 Å². The van der Waals surface area contributed by atoms with Crippen LogP contribution in [0.25, 0.3) is 0 Å². The van der Waals surface area contributed by atoms with Crippen LogP contribution in [-0.4, -0.2) is 39.4 Å². The number of methoxy groups -OCH3 is 2. The maximum absolute atomic E-state index is 12.8. The minimum Gasteiger partial charge on any atom is -0.493 e. The Balaban J connectivity index is 0.00000261. The second-order valence-electron chi connectivity index (χ2n) is 7.39. The van der Waals surface area contributed by atoms with Gasteiger partial charge < -0.3 is 25.3 Å². The molecule has 2 unspecified atom stereocenters. The molecule has 7 heteroatoms. The van der Waals surface area contributed by atoms with Crippen molar-refractivity contribution < 1.29 is 19.0 Å². The molecular formula is C20H31ClN2O4. The third-order valence-electron chi connectivity index (χ3n) is 5.76. The number of ether oxygens (including phenoxy) is 3. The molecule has 0 aliphatic heterocycles. The van der Waals surface area contributed by atoms with E-state index in [4.69, 9.17) is 19.9 Å². The van der Waals surface area contributed by atoms with Gasteiger partial charge in [-0.25, -0.2) is 0 Å². The van der Waals surface area contributed by atoms with E-state index in [2.05, 4.69) is 5.32 Å². The zero-order valence-electron chi connectivity index (χ0n) is 16.1. The number of nitrogens with one attached hydrogen (secondary N) is 1. The molecular weight excluding hydrogens is 368 g/mol. The Morgan fingerprint density at radius 3 is 2.48 bits per heavy atom. The molecule has 152 valence electrons. The largest absolute Gasteiger partial charge is 0.493 e. The highest BCUT2D eigenvalue weighted by Crippen LogP contribution is 2.42. The highest BCUT2D eigenvalue weighted by atomic mass is 35.5. The van der Waals surface area contributed by atoms with Crippen LogP contribution in [0.3, 0.4) is 0 Å². The highest BCUT2D eigenvalue weighted by Gasteiger charge is 2.40. The standard InChI is InChI=1S/C20H30N2O4.ClH/c1-24-8-9-26-18-12-16(6-7-17(18)25-2)22-20(23)15-10-13-4-3-5-14(11-15)19(13)21;/h6-7,12-15,19H,3-5,8-11,21H2,1-2H3,(H,22,23);1H. The minimum atomic E-state index is 0. The molecule has 0 spiro atoms. The van der Waals surface area contributed by atoms with Gasteiger partial charge in [-0.2, -0.15) is 0 Å². The molecule has 2 fully saturated rings. The van der Waals surface area contributed by atoms with Gasteiger partial charge in [-0.1, -0.05) is 6.42 Å². The smallest absolute Gasteiger partial charge is 0.227 e. The van der Waals surface area contributed by atoms with E-state index in [1.807, 2.05) is 18.2 Å². The zero-order chi connectivity index (χ0) is 18.5. The van der Waals surface area contributed by atoms with E-state index in [0.717, 1.165) is 31.4 Å². The lowest BCUT2D eigenvalue weighted by atomic mass is 9.65. The molecule has 1 aromatic carbocycles. The predicted molar refractivity (Wildman–Crippen MR) is 108 cm³/mol. The van der Waals surface area contributed by atoms with Crippen molar-refractivity contribution in [3.8, 4) is 11.5 Å². The SMILES string of the molecule is COCCOc1cc(NC(=O)C2CC3CCCC(C2)C3N)ccc1OC.Cl. The Morgan fingerprint density at radius 2 is 1.85 bits per heavy atom. The van der Waals surface area contributed by atoms with Crippen molar-refractivity contribution in [3.05, 3.63) is 18.2 Å². The topological polar surface area (TPSA) is 82.8 Å². The summed E-state index contributed by atoms with van der Waals surface area (Å²) in [4.78, 5) is 12.8. The maximum Gasteiger partial charge on any atom is 0.227 e. The number of hydrogen-bond donors (Lipinski definition) is 2. The van der Waals surface area contributed by atoms with E-state index in [-0.39, 0.29) is 30.3 Å². The van der Waals surface area contributed by atoms with Crippen molar-refractivity contribution in [1.82, 2.24) is 0 Å². The first kappa shape index (κ1) is 21.8. The summed E-state index contributed by atoms with van der Waals surface area (Å²) < 4.78 is 16.0. The summed E-state index contributed by atoms with van der Waals surface area (Å²) >= 11 is 0. The van der Waals surface area contributed by atoms with Crippen LogP contribution >= 0.6 is 12.4 Å². The first-order chi connectivity index (χ1) is 12.6. The van der Waals surface area contributed by atoms with Crippen LogP contribution in [0.5, 0.6) is 11.5 Å². The monoisotopic (exact) mass is 398 g/mol. The average molecular weight is 399 g/mol. The summed E-state index contributed by atoms with van der Waals surface area (Å²) in [6, 6.07) is 5.73. The number of hydrogen-bond acceptors (Lipinski definition) is 5. The third kappa shape index (κ3) is 5.27. The first-order valence-electron chi connectivity index (χ1n) is 9.48. The number of anilines is 1. The number of rotatable bonds is 7. The van der Waals surface area contributed by atoms with Crippen molar-refractivity contribution in [2.75, 3.05) is 32.8 Å². The molecule has 0 radical (unpaired) electrons. The Morgan fingerprint density at radius 1 is 1.15 bits per heavy atom. The Kier molecular flexibility index (Phi) is 8.20. The molecule has 27 heavy (non-hydrogen) atoms. The van der Waals surface area contributed by atoms with Gasteiger partial charge in [0.25, 0.3) is 0 Å². The molecule has 0 heterocycles. The fourth-order valence-corrected chi connectivity index (χ4v) is 4.35. The quantitative estimate of drug-likeness (QED) is 0.689. The molecule has 3 N–H and O–H groups in total. The Hall–Kier alpha value is -1.50. The predicted octanol–water partition coefficient (Wildman–Crippen LogP) is 3.23. The lowest BCUT2D eigenvalue weighted by Gasteiger charge is -2.43. The number of amides is 1. The van der Waals surface area contributed by atoms with Gasteiger partial charge in [0.05, 0.1) is 13.7 Å². The summed E-state index contributed by atoms with van der Waals surface area (Å²) in [5.41, 5.74) is 7.06. The lowest BCUT2D eigenvalue weighted by Crippen LogP contribution is -2.48. The van der Waals surface area contributed by atoms with Gasteiger partial charge in [-0.15, -0.1) is 12.4 Å². The first-order valence-corrected chi connectivity index (χ1v) is 9.48. The van der Waals surface area contributed by atoms with E-state index in [0.29, 0.717) is 36.5 Å². The van der Waals surface area contributed by atoms with Gasteiger partial charge in [0, 0.05) is 30.8 Å². The summed E-state index contributed by atoms with van der Waals surface area (Å²) in [5.74, 6) is 2.35. The van der Waals surface area contributed by atoms with Gasteiger partial charge in [0.15, 0.2) is 11.5 Å². The number of fused-ring (bicyclic) bond motifs is 2. The molecule has 2 aliphatic carbocycles. The molecule has 2 bridgehead atoms. The Labute approximate surface area is 167 Å². The van der Waals surface area contributed by atoms with Crippen LogP contribution in [0.2, 0.25) is 0 Å². The molecule has 6 nitrogen and oxygen atoms in total. The van der Waals surface area contributed by atoms with Crippen LogP contribution in [-0.2, 0) is 9.53 Å². The second-order valence-corrected chi connectivity index (χ2v) is 7.39. The third-order valence-corrected chi connectivity index (χ3v) is 5.76. The van der Waals surface area contributed by atoms with Crippen molar-refractivity contribution >= 4 is 24.0 Å². The normalized spacial score (nSPS) is 26.6. The number of carbonyl (C=O) groups is 1. The van der Waals surface area contributed by atoms with Gasteiger partial charge >= 0.3 is 0 Å². The molecule has 1 aromatic rings. The molecule has 0 saturated heterocycles. The van der Waals surface area contributed by atoms with Crippen molar-refractivity contribution in [2.45, 2.75) is 38.1 Å². The number of carbonyl (C=O) groups excluding carboxylic acids is 1. The molecule has 2 saturated carbocycles. The highest BCUT2D eigenvalue weighted by molar-refractivity contribution is 5.93. The van der Waals surface area contributed by atoms with Crippen molar-refractivity contribution in [1.29, 1.82) is 0 Å². The number of halogens is 1. The molecule has 1 amide bonds. The molecule has 3 rings (SSSR count). The Bertz CT molecular complexity index is 614. The molecule has 2 atom stereocenters. The van der Waals surface area contributed by atoms with Crippen molar-refractivity contribution in [3.63, 3.8) is 0 Å². The van der Waals surface area contributed by atoms with Crippen molar-refractivity contribution in [2.24, 2.45) is 23.5 Å². The van der Waals surface area contributed by atoms with Crippen LogP contribution < -0.4 is 20.5 Å². The number of nitrogens with two attached hydrogens (primary N) is 1. The number of benzene rings is 1. The van der Waals surface area contributed by atoms with E-state index in [9.17, 15) is 4.79 Å². The van der Waals surface area contributed by atoms with Crippen LogP contribution in [0.4, 0.5) is 5.69 Å². The summed E-state index contributed by atoms with van der Waals surface area (Å²) in [7, 11) is 3.23. The van der Waals surface area contributed by atoms with Crippen LogP contribution in [0, 0.1) is 17.8 Å². The minimum absolute atomic E-state index is 0. The zero-order valence-corrected chi connectivity index (χ0v) is 16.9. The van der Waals surface area contributed by atoms with Gasteiger partial charge in [0.2, 0.25) is 5.91 Å². The van der Waals surface area contributed by atoms with Crippen LogP contribution in [0.1, 0.15) is 32.1 Å². The van der Waals surface area contributed by atoms with Crippen LogP contribution in [0.15, 0.2) is 18.2 Å². The van der Waals surface area contributed by atoms with E-state index >= 15 is 0 Å². The van der Waals surface area contributed by atoms with E-state index in [1.54, 1.807) is 14.2 Å².